The number of anilines is 1. The van der Waals surface area contributed by atoms with E-state index in [4.69, 9.17) is 5.73 Å². The van der Waals surface area contributed by atoms with Gasteiger partial charge in [-0.2, -0.15) is 0 Å². The van der Waals surface area contributed by atoms with Crippen LogP contribution >= 0.6 is 11.5 Å². The number of aromatic amines is 1. The van der Waals surface area contributed by atoms with E-state index in [0.29, 0.717) is 10.6 Å². The quantitative estimate of drug-likeness (QED) is 0.442. The summed E-state index contributed by atoms with van der Waals surface area (Å²) >= 11 is 1.21. The minimum Gasteiger partial charge on any atom is -0.383 e. The second-order valence-electron chi connectivity index (χ2n) is 2.10. The molecule has 0 bridgehead atoms. The van der Waals surface area contributed by atoms with Crippen LogP contribution in [0.5, 0.6) is 0 Å². The van der Waals surface area contributed by atoms with Gasteiger partial charge in [-0.1, -0.05) is 0 Å². The van der Waals surface area contributed by atoms with Gasteiger partial charge in [0.1, 0.15) is 16.4 Å². The Hall–Kier alpha value is -1.30. The van der Waals surface area contributed by atoms with Crippen LogP contribution in [-0.2, 0) is 0 Å². The molecule has 0 aliphatic carbocycles. The van der Waals surface area contributed by atoms with Gasteiger partial charge in [0, 0.05) is 14.1 Å². The number of hydrogen-bond donors (Lipinski definition) is 3. The van der Waals surface area contributed by atoms with Crippen molar-refractivity contribution in [1.82, 2.24) is 4.37 Å². The molecule has 1 heterocycles. The lowest BCUT2D eigenvalue weighted by molar-refractivity contribution is 1.34. The zero-order chi connectivity index (χ0) is 9.14. The molecule has 0 aliphatic rings. The van der Waals surface area contributed by atoms with Crippen molar-refractivity contribution in [3.05, 3.63) is 15.9 Å². The summed E-state index contributed by atoms with van der Waals surface area (Å²) in [6.07, 6.45) is 0. The van der Waals surface area contributed by atoms with Gasteiger partial charge in [0.2, 0.25) is 0 Å². The molecule has 0 amide bonds. The Bertz CT molecular complexity index is 351. The summed E-state index contributed by atoms with van der Waals surface area (Å²) < 4.78 is 2.57. The summed E-state index contributed by atoms with van der Waals surface area (Å²) in [4.78, 5) is 14.9. The number of hydrogen-bond acceptors (Lipinski definition) is 4. The number of nitrogens with one attached hydrogen (secondary N) is 2. The van der Waals surface area contributed by atoms with E-state index < -0.39 is 0 Å². The lowest BCUT2D eigenvalue weighted by Gasteiger charge is -1.97. The predicted molar refractivity (Wildman–Crippen MR) is 51.1 cm³/mol. The summed E-state index contributed by atoms with van der Waals surface area (Å²) in [7, 11) is 3.28. The van der Waals surface area contributed by atoms with Crippen LogP contribution in [0.1, 0.15) is 5.56 Å². The molecule has 0 saturated carbocycles. The van der Waals surface area contributed by atoms with Crippen molar-refractivity contribution >= 4 is 22.4 Å². The molecule has 12 heavy (non-hydrogen) atoms. The molecule has 0 spiro atoms. The third-order valence-corrected chi connectivity index (χ3v) is 2.32. The Balaban J connectivity index is 3.29. The summed E-state index contributed by atoms with van der Waals surface area (Å²) in [6, 6.07) is 0. The van der Waals surface area contributed by atoms with E-state index in [9.17, 15) is 4.79 Å². The van der Waals surface area contributed by atoms with Gasteiger partial charge in [-0.25, -0.2) is 0 Å². The summed E-state index contributed by atoms with van der Waals surface area (Å²) in [5.74, 6) is 0.252. The normalized spacial score (nSPS) is 11.7. The lowest BCUT2D eigenvalue weighted by Crippen LogP contribution is -2.21. The standard InChI is InChI=1S/C6H10N4OS/c1-8-4(7)3-5(11)10-12-6(3)9-2/h9H,1-2H3,(H2,7,8)(H,10,11). The maximum absolute atomic E-state index is 11.2. The van der Waals surface area contributed by atoms with Crippen molar-refractivity contribution in [2.24, 2.45) is 10.7 Å². The molecule has 0 unspecified atom stereocenters. The Morgan fingerprint density at radius 3 is 2.92 bits per heavy atom. The SMILES string of the molecule is CN=C(N)c1c(NC)s[nH]c1=O. The van der Waals surface area contributed by atoms with Crippen molar-refractivity contribution in [1.29, 1.82) is 0 Å². The van der Waals surface area contributed by atoms with Crippen LogP contribution in [-0.4, -0.2) is 24.3 Å². The molecular formula is C6H10N4OS. The summed E-state index contributed by atoms with van der Waals surface area (Å²) in [5, 5.41) is 3.57. The highest BCUT2D eigenvalue weighted by atomic mass is 32.1. The number of aromatic nitrogens is 1. The van der Waals surface area contributed by atoms with E-state index in [0.717, 1.165) is 0 Å². The number of H-pyrrole nitrogens is 1. The monoisotopic (exact) mass is 186 g/mol. The Morgan fingerprint density at radius 2 is 2.42 bits per heavy atom. The number of rotatable bonds is 2. The van der Waals surface area contributed by atoms with E-state index in [1.807, 2.05) is 0 Å². The molecule has 0 atom stereocenters. The molecule has 6 heteroatoms. The van der Waals surface area contributed by atoms with Crippen molar-refractivity contribution in [3.8, 4) is 0 Å². The van der Waals surface area contributed by atoms with E-state index in [1.54, 1.807) is 14.1 Å². The van der Waals surface area contributed by atoms with Crippen LogP contribution in [0.3, 0.4) is 0 Å². The molecular weight excluding hydrogens is 176 g/mol. The Morgan fingerprint density at radius 1 is 1.75 bits per heavy atom. The molecule has 4 N–H and O–H groups in total. The van der Waals surface area contributed by atoms with Crippen LogP contribution in [0.15, 0.2) is 9.79 Å². The van der Waals surface area contributed by atoms with E-state index in [-0.39, 0.29) is 11.4 Å². The van der Waals surface area contributed by atoms with Crippen molar-refractivity contribution in [2.45, 2.75) is 0 Å². The molecule has 66 valence electrons. The van der Waals surface area contributed by atoms with Gasteiger partial charge >= 0.3 is 0 Å². The van der Waals surface area contributed by atoms with Crippen LogP contribution in [0.25, 0.3) is 0 Å². The molecule has 5 nitrogen and oxygen atoms in total. The third kappa shape index (κ3) is 1.33. The highest BCUT2D eigenvalue weighted by molar-refractivity contribution is 7.10. The van der Waals surface area contributed by atoms with Crippen LogP contribution in [0.4, 0.5) is 5.00 Å². The maximum Gasteiger partial charge on any atom is 0.271 e. The van der Waals surface area contributed by atoms with Gasteiger partial charge < -0.3 is 11.1 Å². The lowest BCUT2D eigenvalue weighted by atomic mass is 10.3. The molecule has 0 saturated heterocycles. The first-order valence-electron chi connectivity index (χ1n) is 3.32. The number of amidine groups is 1. The topological polar surface area (TPSA) is 83.3 Å². The fraction of sp³-hybridized carbons (Fsp3) is 0.333. The maximum atomic E-state index is 11.2. The number of nitrogens with zero attached hydrogens (tertiary/aromatic N) is 1. The second-order valence-corrected chi connectivity index (χ2v) is 2.91. The van der Waals surface area contributed by atoms with Gasteiger partial charge in [-0.15, -0.1) is 0 Å². The minimum absolute atomic E-state index is 0.201. The molecule has 0 aromatic carbocycles. The number of nitrogens with two attached hydrogens (primary N) is 1. The predicted octanol–water partition coefficient (Wildman–Crippen LogP) is -0.187. The van der Waals surface area contributed by atoms with Crippen molar-refractivity contribution in [3.63, 3.8) is 0 Å². The van der Waals surface area contributed by atoms with Gasteiger partial charge in [0.15, 0.2) is 0 Å². The fourth-order valence-electron chi connectivity index (χ4n) is 0.823. The van der Waals surface area contributed by atoms with E-state index in [2.05, 4.69) is 14.7 Å². The molecule has 1 rings (SSSR count). The summed E-state index contributed by atoms with van der Waals surface area (Å²) in [6.45, 7) is 0. The first-order chi connectivity index (χ1) is 5.70. The van der Waals surface area contributed by atoms with Crippen molar-refractivity contribution in [2.75, 3.05) is 19.4 Å². The smallest absolute Gasteiger partial charge is 0.271 e. The molecule has 0 aliphatic heterocycles. The molecule has 0 radical (unpaired) electrons. The van der Waals surface area contributed by atoms with Gasteiger partial charge in [0.25, 0.3) is 5.56 Å². The van der Waals surface area contributed by atoms with Gasteiger partial charge in [0.05, 0.1) is 0 Å². The average molecular weight is 186 g/mol. The second kappa shape index (κ2) is 3.40. The highest BCUT2D eigenvalue weighted by Crippen LogP contribution is 2.14. The summed E-state index contributed by atoms with van der Waals surface area (Å²) in [5.41, 5.74) is 5.73. The highest BCUT2D eigenvalue weighted by Gasteiger charge is 2.11. The zero-order valence-electron chi connectivity index (χ0n) is 6.84. The Kier molecular flexibility index (Phi) is 2.49. The molecule has 0 fully saturated rings. The third-order valence-electron chi connectivity index (χ3n) is 1.42. The van der Waals surface area contributed by atoms with Crippen molar-refractivity contribution < 1.29 is 0 Å². The van der Waals surface area contributed by atoms with Gasteiger partial charge in [-0.05, 0) is 11.5 Å². The van der Waals surface area contributed by atoms with E-state index >= 15 is 0 Å². The largest absolute Gasteiger partial charge is 0.383 e. The van der Waals surface area contributed by atoms with Crippen LogP contribution in [0, 0.1) is 0 Å². The first-order valence-corrected chi connectivity index (χ1v) is 4.14. The fourth-order valence-corrected chi connectivity index (χ4v) is 1.52. The zero-order valence-corrected chi connectivity index (χ0v) is 7.66. The molecule has 1 aromatic rings. The van der Waals surface area contributed by atoms with E-state index in [1.165, 1.54) is 11.5 Å². The van der Waals surface area contributed by atoms with Crippen LogP contribution in [0.2, 0.25) is 0 Å². The van der Waals surface area contributed by atoms with Crippen LogP contribution < -0.4 is 16.6 Å². The first kappa shape index (κ1) is 8.79. The Labute approximate surface area is 73.5 Å². The average Bonchev–Trinajstić information content (AvgIpc) is 2.45. The number of aliphatic imine (C=N–C) groups is 1. The minimum atomic E-state index is -0.201. The molecule has 1 aromatic heterocycles. The van der Waals surface area contributed by atoms with Gasteiger partial charge in [-0.3, -0.25) is 14.2 Å².